The third-order valence-electron chi connectivity index (χ3n) is 4.85. The average Bonchev–Trinajstić information content (AvgIpc) is 2.79. The first kappa shape index (κ1) is 24.2. The fourth-order valence-electron chi connectivity index (χ4n) is 3.13. The van der Waals surface area contributed by atoms with Gasteiger partial charge in [0.2, 0.25) is 0 Å². The zero-order valence-electron chi connectivity index (χ0n) is 19.3. The number of anilines is 1. The summed E-state index contributed by atoms with van der Waals surface area (Å²) in [7, 11) is 4.03. The number of likely N-dealkylation sites (N-methyl/N-ethyl adjacent to an activating group) is 1. The Bertz CT molecular complexity index is 1110. The maximum absolute atomic E-state index is 12.4. The molecule has 0 saturated heterocycles. The molecule has 0 unspecified atom stereocenters. The van der Waals surface area contributed by atoms with Gasteiger partial charge in [0, 0.05) is 23.9 Å². The first-order chi connectivity index (χ1) is 15.9. The molecule has 3 rings (SSSR count). The quantitative estimate of drug-likeness (QED) is 0.475. The van der Waals surface area contributed by atoms with Crippen LogP contribution in [0.2, 0.25) is 0 Å². The van der Waals surface area contributed by atoms with Crippen LogP contribution in [-0.4, -0.2) is 54.6 Å². The van der Waals surface area contributed by atoms with Gasteiger partial charge in [0.25, 0.3) is 5.56 Å². The largest absolute Gasteiger partial charge is 0.450 e. The number of rotatable bonds is 10. The van der Waals surface area contributed by atoms with Crippen molar-refractivity contribution >= 4 is 11.8 Å². The molecule has 1 heterocycles. The number of nitrogens with zero attached hydrogens (tertiary/aromatic N) is 3. The van der Waals surface area contributed by atoms with Gasteiger partial charge in [0.05, 0.1) is 32.1 Å². The summed E-state index contributed by atoms with van der Waals surface area (Å²) in [5, 5.41) is 7.21. The molecule has 8 heteroatoms. The van der Waals surface area contributed by atoms with Crippen LogP contribution in [0.4, 0.5) is 10.5 Å². The van der Waals surface area contributed by atoms with Crippen molar-refractivity contribution in [3.05, 3.63) is 82.1 Å². The molecule has 174 valence electrons. The minimum atomic E-state index is -0.515. The molecule has 2 aromatic carbocycles. The highest BCUT2D eigenvalue weighted by atomic mass is 16.5. The van der Waals surface area contributed by atoms with Crippen molar-refractivity contribution in [2.45, 2.75) is 20.1 Å². The molecule has 0 aliphatic carbocycles. The smallest absolute Gasteiger partial charge is 0.411 e. The second-order valence-electron chi connectivity index (χ2n) is 7.81. The fourth-order valence-corrected chi connectivity index (χ4v) is 3.13. The predicted molar refractivity (Wildman–Crippen MR) is 128 cm³/mol. The van der Waals surface area contributed by atoms with E-state index in [-0.39, 0.29) is 12.1 Å². The number of benzene rings is 2. The van der Waals surface area contributed by atoms with Gasteiger partial charge in [0.15, 0.2) is 0 Å². The zero-order chi connectivity index (χ0) is 23.6. The molecular weight excluding hydrogens is 420 g/mol. The van der Waals surface area contributed by atoms with Crippen LogP contribution in [0.1, 0.15) is 18.1 Å². The standard InChI is InChI=1S/C25H30N4O4/c1-4-33-25(31)26-22-7-5-6-20(16-22)17-29-24(30)13-12-23(27-29)21-10-8-19(9-11-21)18-32-15-14-28(2)3/h5-13,16H,4,14-15,17-18H2,1-3H3,(H,26,31). The monoisotopic (exact) mass is 450 g/mol. The molecule has 1 amide bonds. The van der Waals surface area contributed by atoms with Crippen LogP contribution in [0.3, 0.4) is 0 Å². The van der Waals surface area contributed by atoms with Crippen molar-refractivity contribution in [2.75, 3.05) is 39.2 Å². The Morgan fingerprint density at radius 3 is 2.58 bits per heavy atom. The predicted octanol–water partition coefficient (Wildman–Crippen LogP) is 3.61. The number of aromatic nitrogens is 2. The van der Waals surface area contributed by atoms with Crippen molar-refractivity contribution in [3.8, 4) is 11.3 Å². The molecule has 1 N–H and O–H groups in total. The normalized spacial score (nSPS) is 10.9. The first-order valence-electron chi connectivity index (χ1n) is 10.9. The Kier molecular flexibility index (Phi) is 8.74. The summed E-state index contributed by atoms with van der Waals surface area (Å²) in [6.07, 6.45) is -0.515. The van der Waals surface area contributed by atoms with Crippen LogP contribution in [0.25, 0.3) is 11.3 Å². The van der Waals surface area contributed by atoms with Gasteiger partial charge in [-0.2, -0.15) is 5.10 Å². The molecule has 0 saturated carbocycles. The molecule has 1 aromatic heterocycles. The number of hydrogen-bond donors (Lipinski definition) is 1. The lowest BCUT2D eigenvalue weighted by molar-refractivity contribution is 0.105. The van der Waals surface area contributed by atoms with Crippen LogP contribution in [0.15, 0.2) is 65.5 Å². The number of nitrogens with one attached hydrogen (secondary N) is 1. The van der Waals surface area contributed by atoms with Gasteiger partial charge in [-0.1, -0.05) is 36.4 Å². The second kappa shape index (κ2) is 11.9. The topological polar surface area (TPSA) is 85.7 Å². The average molecular weight is 451 g/mol. The molecule has 0 aliphatic rings. The van der Waals surface area contributed by atoms with Crippen molar-refractivity contribution in [3.63, 3.8) is 0 Å². The number of hydrogen-bond acceptors (Lipinski definition) is 6. The molecule has 0 radical (unpaired) electrons. The number of carbonyl (C=O) groups excluding carboxylic acids is 1. The van der Waals surface area contributed by atoms with Gasteiger partial charge in [-0.05, 0) is 50.3 Å². The van der Waals surface area contributed by atoms with E-state index in [1.54, 1.807) is 25.1 Å². The zero-order valence-corrected chi connectivity index (χ0v) is 19.3. The maximum atomic E-state index is 12.4. The van der Waals surface area contributed by atoms with E-state index in [2.05, 4.69) is 15.3 Å². The lowest BCUT2D eigenvalue weighted by Crippen LogP contribution is -2.23. The molecule has 0 spiro atoms. The summed E-state index contributed by atoms with van der Waals surface area (Å²) in [4.78, 5) is 26.1. The Balaban J connectivity index is 1.69. The van der Waals surface area contributed by atoms with Crippen LogP contribution in [-0.2, 0) is 22.6 Å². The van der Waals surface area contributed by atoms with E-state index >= 15 is 0 Å². The van der Waals surface area contributed by atoms with E-state index in [1.165, 1.54) is 10.7 Å². The van der Waals surface area contributed by atoms with Crippen LogP contribution < -0.4 is 10.9 Å². The van der Waals surface area contributed by atoms with Crippen molar-refractivity contribution < 1.29 is 14.3 Å². The molecule has 3 aromatic rings. The second-order valence-corrected chi connectivity index (χ2v) is 7.81. The van der Waals surface area contributed by atoms with E-state index in [0.717, 1.165) is 23.2 Å². The number of carbonyl (C=O) groups is 1. The molecular formula is C25H30N4O4. The van der Waals surface area contributed by atoms with Crippen LogP contribution in [0, 0.1) is 0 Å². The summed E-state index contributed by atoms with van der Waals surface area (Å²) in [5.41, 5.74) is 3.93. The van der Waals surface area contributed by atoms with Gasteiger partial charge in [0.1, 0.15) is 0 Å². The summed E-state index contributed by atoms with van der Waals surface area (Å²) in [5.74, 6) is 0. The third-order valence-corrected chi connectivity index (χ3v) is 4.85. The minimum Gasteiger partial charge on any atom is -0.450 e. The van der Waals surface area contributed by atoms with E-state index in [0.29, 0.717) is 31.2 Å². The lowest BCUT2D eigenvalue weighted by atomic mass is 10.1. The van der Waals surface area contributed by atoms with E-state index in [1.807, 2.05) is 50.5 Å². The van der Waals surface area contributed by atoms with E-state index < -0.39 is 6.09 Å². The first-order valence-corrected chi connectivity index (χ1v) is 10.9. The highest BCUT2D eigenvalue weighted by molar-refractivity contribution is 5.84. The van der Waals surface area contributed by atoms with Gasteiger partial charge >= 0.3 is 6.09 Å². The SMILES string of the molecule is CCOC(=O)Nc1cccc(Cn2nc(-c3ccc(COCCN(C)C)cc3)ccc2=O)c1. The van der Waals surface area contributed by atoms with Crippen molar-refractivity contribution in [1.29, 1.82) is 0 Å². The van der Waals surface area contributed by atoms with Gasteiger partial charge < -0.3 is 14.4 Å². The van der Waals surface area contributed by atoms with Gasteiger partial charge in [-0.25, -0.2) is 9.48 Å². The summed E-state index contributed by atoms with van der Waals surface area (Å²) in [6.45, 7) is 4.43. The minimum absolute atomic E-state index is 0.201. The summed E-state index contributed by atoms with van der Waals surface area (Å²) < 4.78 is 12.0. The molecule has 8 nitrogen and oxygen atoms in total. The Morgan fingerprint density at radius 1 is 1.06 bits per heavy atom. The van der Waals surface area contributed by atoms with Gasteiger partial charge in [-0.3, -0.25) is 10.1 Å². The highest BCUT2D eigenvalue weighted by Gasteiger charge is 2.07. The maximum Gasteiger partial charge on any atom is 0.411 e. The van der Waals surface area contributed by atoms with Crippen LogP contribution in [0.5, 0.6) is 0 Å². The molecule has 0 bridgehead atoms. The van der Waals surface area contributed by atoms with E-state index in [4.69, 9.17) is 9.47 Å². The molecule has 0 atom stereocenters. The Morgan fingerprint density at radius 2 is 1.85 bits per heavy atom. The van der Waals surface area contributed by atoms with Crippen molar-refractivity contribution in [1.82, 2.24) is 14.7 Å². The fraction of sp³-hybridized carbons (Fsp3) is 0.320. The summed E-state index contributed by atoms with van der Waals surface area (Å²) >= 11 is 0. The number of amides is 1. The molecule has 33 heavy (non-hydrogen) atoms. The third kappa shape index (κ3) is 7.55. The highest BCUT2D eigenvalue weighted by Crippen LogP contribution is 2.17. The van der Waals surface area contributed by atoms with E-state index in [9.17, 15) is 9.59 Å². The number of ether oxygens (including phenoxy) is 2. The van der Waals surface area contributed by atoms with Crippen LogP contribution >= 0.6 is 0 Å². The molecule has 0 fully saturated rings. The van der Waals surface area contributed by atoms with Gasteiger partial charge in [-0.15, -0.1) is 0 Å². The Labute approximate surface area is 193 Å². The lowest BCUT2D eigenvalue weighted by Gasteiger charge is -2.11. The summed E-state index contributed by atoms with van der Waals surface area (Å²) in [6, 6.07) is 18.5. The molecule has 0 aliphatic heterocycles. The Hall–Kier alpha value is -3.49. The van der Waals surface area contributed by atoms with Crippen molar-refractivity contribution in [2.24, 2.45) is 0 Å².